The van der Waals surface area contributed by atoms with E-state index < -0.39 is 11.7 Å². The van der Waals surface area contributed by atoms with Crippen molar-refractivity contribution >= 4 is 34.3 Å². The first-order valence-corrected chi connectivity index (χ1v) is 10.7. The molecule has 1 heterocycles. The summed E-state index contributed by atoms with van der Waals surface area (Å²) in [7, 11) is 1.53. The van der Waals surface area contributed by atoms with Crippen molar-refractivity contribution in [1.82, 2.24) is 10.4 Å². The first kappa shape index (κ1) is 24.1. The van der Waals surface area contributed by atoms with Gasteiger partial charge in [-0.2, -0.15) is 18.3 Å². The van der Waals surface area contributed by atoms with Crippen LogP contribution in [-0.4, -0.2) is 30.8 Å². The van der Waals surface area contributed by atoms with Crippen LogP contribution in [0.4, 0.5) is 24.0 Å². The number of carbonyl (C=O) groups is 1. The third kappa shape index (κ3) is 6.94. The van der Waals surface area contributed by atoms with Gasteiger partial charge in [0.15, 0.2) is 16.6 Å². The van der Waals surface area contributed by atoms with Crippen LogP contribution >= 0.6 is 11.3 Å². The predicted octanol–water partition coefficient (Wildman–Crippen LogP) is 5.01. The largest absolute Gasteiger partial charge is 0.493 e. The Morgan fingerprint density at radius 3 is 2.76 bits per heavy atom. The van der Waals surface area contributed by atoms with Gasteiger partial charge in [-0.05, 0) is 48.9 Å². The molecular weight excluding hydrogens is 457 g/mol. The topological polar surface area (TPSA) is 84.8 Å². The number of rotatable bonds is 9. The van der Waals surface area contributed by atoms with E-state index in [1.807, 2.05) is 6.92 Å². The molecule has 174 valence electrons. The number of halogens is 3. The van der Waals surface area contributed by atoms with Crippen molar-refractivity contribution in [3.8, 4) is 11.5 Å². The summed E-state index contributed by atoms with van der Waals surface area (Å²) in [5.41, 5.74) is 3.08. The zero-order valence-corrected chi connectivity index (χ0v) is 18.6. The Morgan fingerprint density at radius 2 is 2.03 bits per heavy atom. The summed E-state index contributed by atoms with van der Waals surface area (Å²) in [6.07, 6.45) is -3.00. The smallest absolute Gasteiger partial charge is 0.416 e. The molecule has 0 bridgehead atoms. The first-order chi connectivity index (χ1) is 15.8. The summed E-state index contributed by atoms with van der Waals surface area (Å²) in [5.74, 6) is 0.773. The molecule has 7 nitrogen and oxygen atoms in total. The molecule has 0 spiro atoms. The molecule has 1 aromatic heterocycles. The Hall–Kier alpha value is -3.60. The highest BCUT2D eigenvalue weighted by atomic mass is 32.1. The van der Waals surface area contributed by atoms with Crippen LogP contribution in [0.5, 0.6) is 11.5 Å². The van der Waals surface area contributed by atoms with E-state index in [1.54, 1.807) is 23.6 Å². The number of anilines is 2. The quantitative estimate of drug-likeness (QED) is 0.334. The standard InChI is InChI=1S/C22H21F3N4O3S/c1-3-32-18-8-7-14(9-19(18)31-2)12-26-29-20(30)11-17-13-33-21(28-17)27-16-6-4-5-15(10-16)22(23,24)25/h4-10,12-13H,3,11H2,1-2H3,(H,27,28)(H,29,30). The second-order valence-corrected chi connectivity index (χ2v) is 7.52. The van der Waals surface area contributed by atoms with Gasteiger partial charge in [-0.1, -0.05) is 6.07 Å². The predicted molar refractivity (Wildman–Crippen MR) is 120 cm³/mol. The van der Waals surface area contributed by atoms with Crippen LogP contribution < -0.4 is 20.2 Å². The minimum Gasteiger partial charge on any atom is -0.493 e. The van der Waals surface area contributed by atoms with Gasteiger partial charge in [-0.15, -0.1) is 11.3 Å². The number of methoxy groups -OCH3 is 1. The van der Waals surface area contributed by atoms with Crippen LogP contribution in [0.2, 0.25) is 0 Å². The summed E-state index contributed by atoms with van der Waals surface area (Å²) in [6.45, 7) is 2.38. The molecule has 0 fully saturated rings. The van der Waals surface area contributed by atoms with E-state index in [1.165, 1.54) is 36.8 Å². The normalized spacial score (nSPS) is 11.4. The number of ether oxygens (including phenoxy) is 2. The minimum absolute atomic E-state index is 0.0370. The second-order valence-electron chi connectivity index (χ2n) is 6.66. The third-order valence-electron chi connectivity index (χ3n) is 4.22. The highest BCUT2D eigenvalue weighted by Crippen LogP contribution is 2.32. The van der Waals surface area contributed by atoms with E-state index in [4.69, 9.17) is 9.47 Å². The Kier molecular flexibility index (Phi) is 7.88. The number of aromatic nitrogens is 1. The zero-order chi connectivity index (χ0) is 23.8. The van der Waals surface area contributed by atoms with Crippen molar-refractivity contribution in [3.63, 3.8) is 0 Å². The number of benzene rings is 2. The number of hydrogen-bond donors (Lipinski definition) is 2. The van der Waals surface area contributed by atoms with Crippen LogP contribution in [0.3, 0.4) is 0 Å². The molecule has 0 saturated heterocycles. The number of thiazole rings is 1. The van der Waals surface area contributed by atoms with Crippen molar-refractivity contribution in [2.24, 2.45) is 5.10 Å². The molecule has 2 N–H and O–H groups in total. The number of hydrazone groups is 1. The lowest BCUT2D eigenvalue weighted by atomic mass is 10.2. The van der Waals surface area contributed by atoms with Gasteiger partial charge in [-0.3, -0.25) is 4.79 Å². The molecular formula is C22H21F3N4O3S. The Morgan fingerprint density at radius 1 is 1.21 bits per heavy atom. The van der Waals surface area contributed by atoms with Crippen molar-refractivity contribution in [2.75, 3.05) is 19.0 Å². The lowest BCUT2D eigenvalue weighted by Crippen LogP contribution is -2.19. The van der Waals surface area contributed by atoms with Crippen LogP contribution in [0, 0.1) is 0 Å². The zero-order valence-electron chi connectivity index (χ0n) is 17.8. The molecule has 1 amide bonds. The highest BCUT2D eigenvalue weighted by Gasteiger charge is 2.30. The number of nitrogens with one attached hydrogen (secondary N) is 2. The fourth-order valence-electron chi connectivity index (χ4n) is 2.76. The van der Waals surface area contributed by atoms with Gasteiger partial charge in [0, 0.05) is 11.1 Å². The Labute approximate surface area is 192 Å². The molecule has 3 aromatic rings. The van der Waals surface area contributed by atoms with E-state index in [0.717, 1.165) is 12.1 Å². The molecule has 0 atom stereocenters. The Bertz CT molecular complexity index is 1130. The van der Waals surface area contributed by atoms with Gasteiger partial charge in [0.2, 0.25) is 5.91 Å². The molecule has 0 radical (unpaired) electrons. The SMILES string of the molecule is CCOc1ccc(C=NNC(=O)Cc2csc(Nc3cccc(C(F)(F)F)c3)n2)cc1OC. The van der Waals surface area contributed by atoms with E-state index in [-0.39, 0.29) is 18.0 Å². The van der Waals surface area contributed by atoms with Gasteiger partial charge in [0.05, 0.1) is 37.6 Å². The number of nitrogens with zero attached hydrogens (tertiary/aromatic N) is 2. The average molecular weight is 478 g/mol. The molecule has 0 unspecified atom stereocenters. The summed E-state index contributed by atoms with van der Waals surface area (Å²) in [6, 6.07) is 10.1. The van der Waals surface area contributed by atoms with Crippen LogP contribution in [0.1, 0.15) is 23.7 Å². The molecule has 33 heavy (non-hydrogen) atoms. The molecule has 2 aromatic carbocycles. The van der Waals surface area contributed by atoms with Gasteiger partial charge < -0.3 is 14.8 Å². The van der Waals surface area contributed by atoms with E-state index >= 15 is 0 Å². The van der Waals surface area contributed by atoms with Crippen molar-refractivity contribution in [3.05, 3.63) is 64.7 Å². The van der Waals surface area contributed by atoms with E-state index in [2.05, 4.69) is 20.8 Å². The summed E-state index contributed by atoms with van der Waals surface area (Å²) in [4.78, 5) is 16.4. The van der Waals surface area contributed by atoms with E-state index in [9.17, 15) is 18.0 Å². The van der Waals surface area contributed by atoms with Gasteiger partial charge in [0.1, 0.15) is 0 Å². The maximum Gasteiger partial charge on any atom is 0.416 e. The van der Waals surface area contributed by atoms with E-state index in [0.29, 0.717) is 34.5 Å². The summed E-state index contributed by atoms with van der Waals surface area (Å²) in [5, 5.41) is 8.78. The van der Waals surface area contributed by atoms with Crippen LogP contribution in [-0.2, 0) is 17.4 Å². The molecule has 3 rings (SSSR count). The van der Waals surface area contributed by atoms with Crippen LogP contribution in [0.25, 0.3) is 0 Å². The average Bonchev–Trinajstić information content (AvgIpc) is 3.21. The molecule has 0 aliphatic heterocycles. The lowest BCUT2D eigenvalue weighted by Gasteiger charge is -2.09. The maximum atomic E-state index is 12.8. The maximum absolute atomic E-state index is 12.8. The minimum atomic E-state index is -4.43. The molecule has 0 aliphatic carbocycles. The number of carbonyl (C=O) groups excluding carboxylic acids is 1. The van der Waals surface area contributed by atoms with Gasteiger partial charge in [-0.25, -0.2) is 10.4 Å². The Balaban J connectivity index is 1.55. The van der Waals surface area contributed by atoms with Gasteiger partial charge in [0.25, 0.3) is 0 Å². The summed E-state index contributed by atoms with van der Waals surface area (Å²) >= 11 is 1.18. The van der Waals surface area contributed by atoms with Crippen molar-refractivity contribution < 1.29 is 27.4 Å². The van der Waals surface area contributed by atoms with Crippen LogP contribution in [0.15, 0.2) is 52.9 Å². The highest BCUT2D eigenvalue weighted by molar-refractivity contribution is 7.13. The fourth-order valence-corrected chi connectivity index (χ4v) is 3.49. The van der Waals surface area contributed by atoms with Crippen molar-refractivity contribution in [2.45, 2.75) is 19.5 Å². The summed E-state index contributed by atoms with van der Waals surface area (Å²) < 4.78 is 49.3. The first-order valence-electron chi connectivity index (χ1n) is 9.80. The van der Waals surface area contributed by atoms with Crippen molar-refractivity contribution in [1.29, 1.82) is 0 Å². The lowest BCUT2D eigenvalue weighted by molar-refractivity contribution is -0.137. The molecule has 0 saturated carbocycles. The fraction of sp³-hybridized carbons (Fsp3) is 0.227. The third-order valence-corrected chi connectivity index (χ3v) is 5.03. The second kappa shape index (κ2) is 10.8. The van der Waals surface area contributed by atoms with Gasteiger partial charge >= 0.3 is 6.18 Å². The number of alkyl halides is 3. The molecule has 0 aliphatic rings. The number of hydrogen-bond acceptors (Lipinski definition) is 7. The molecule has 11 heteroatoms. The monoisotopic (exact) mass is 478 g/mol. The number of amides is 1.